The van der Waals surface area contributed by atoms with Gasteiger partial charge < -0.3 is 14.8 Å². The standard InChI is InChI=1S/C8H14BrNO4/c1-3-14-7(11)6(4-5-9)10-8(12)13-2/h6H,3-5H2,1-2H3,(H,10,12)/t6-/m1/s1. The van der Waals surface area contributed by atoms with Crippen LogP contribution in [0.2, 0.25) is 0 Å². The maximum atomic E-state index is 11.3. The SMILES string of the molecule is CCOC(=O)[C@@H](CCBr)NC(=O)OC. The van der Waals surface area contributed by atoms with Crippen LogP contribution in [0, 0.1) is 0 Å². The van der Waals surface area contributed by atoms with Gasteiger partial charge in [0, 0.05) is 5.33 Å². The van der Waals surface area contributed by atoms with Gasteiger partial charge in [-0.1, -0.05) is 15.9 Å². The van der Waals surface area contributed by atoms with Gasteiger partial charge in [0.15, 0.2) is 0 Å². The van der Waals surface area contributed by atoms with Gasteiger partial charge in [-0.25, -0.2) is 9.59 Å². The molecule has 0 aliphatic rings. The first-order chi connectivity index (χ1) is 6.65. The lowest BCUT2D eigenvalue weighted by atomic mass is 10.2. The quantitative estimate of drug-likeness (QED) is 0.598. The Morgan fingerprint density at radius 2 is 2.14 bits per heavy atom. The Labute approximate surface area is 91.3 Å². The third-order valence-electron chi connectivity index (χ3n) is 1.45. The Morgan fingerprint density at radius 1 is 1.50 bits per heavy atom. The number of hydrogen-bond acceptors (Lipinski definition) is 4. The Kier molecular flexibility index (Phi) is 7.18. The molecule has 1 N–H and O–H groups in total. The van der Waals surface area contributed by atoms with Gasteiger partial charge in [-0.2, -0.15) is 0 Å². The molecule has 5 nitrogen and oxygen atoms in total. The van der Waals surface area contributed by atoms with Crippen LogP contribution in [0.1, 0.15) is 13.3 Å². The molecule has 0 bridgehead atoms. The van der Waals surface area contributed by atoms with Crippen molar-refractivity contribution in [1.29, 1.82) is 0 Å². The molecule has 0 saturated carbocycles. The predicted octanol–water partition coefficient (Wildman–Crippen LogP) is 1.06. The number of hydrogen-bond donors (Lipinski definition) is 1. The van der Waals surface area contributed by atoms with E-state index in [-0.39, 0.29) is 0 Å². The van der Waals surface area contributed by atoms with E-state index in [0.29, 0.717) is 18.4 Å². The molecule has 1 amide bonds. The predicted molar refractivity (Wildman–Crippen MR) is 54.4 cm³/mol. The summed E-state index contributed by atoms with van der Waals surface area (Å²) in [5.41, 5.74) is 0. The van der Waals surface area contributed by atoms with Crippen LogP contribution in [0.4, 0.5) is 4.79 Å². The fourth-order valence-corrected chi connectivity index (χ4v) is 1.26. The van der Waals surface area contributed by atoms with Crippen molar-refractivity contribution in [2.75, 3.05) is 19.0 Å². The van der Waals surface area contributed by atoms with E-state index in [1.165, 1.54) is 7.11 Å². The first kappa shape index (κ1) is 13.2. The van der Waals surface area contributed by atoms with Crippen molar-refractivity contribution in [1.82, 2.24) is 5.32 Å². The molecule has 0 aromatic heterocycles. The Morgan fingerprint density at radius 3 is 2.57 bits per heavy atom. The summed E-state index contributed by atoms with van der Waals surface area (Å²) < 4.78 is 9.15. The molecule has 1 atom stereocenters. The van der Waals surface area contributed by atoms with Gasteiger partial charge >= 0.3 is 12.1 Å². The smallest absolute Gasteiger partial charge is 0.407 e. The average Bonchev–Trinajstić information content (AvgIpc) is 2.17. The van der Waals surface area contributed by atoms with Gasteiger partial charge in [0.1, 0.15) is 6.04 Å². The second kappa shape index (κ2) is 7.61. The van der Waals surface area contributed by atoms with Crippen LogP contribution < -0.4 is 5.32 Å². The molecule has 0 aromatic carbocycles. The lowest BCUT2D eigenvalue weighted by Crippen LogP contribution is -2.42. The lowest BCUT2D eigenvalue weighted by molar-refractivity contribution is -0.145. The van der Waals surface area contributed by atoms with E-state index < -0.39 is 18.1 Å². The van der Waals surface area contributed by atoms with E-state index in [1.807, 2.05) is 0 Å². The topological polar surface area (TPSA) is 64.6 Å². The van der Waals surface area contributed by atoms with Crippen LogP contribution in [0.25, 0.3) is 0 Å². The first-order valence-corrected chi connectivity index (χ1v) is 5.34. The minimum Gasteiger partial charge on any atom is -0.464 e. The van der Waals surface area contributed by atoms with Gasteiger partial charge in [-0.05, 0) is 13.3 Å². The molecular weight excluding hydrogens is 254 g/mol. The van der Waals surface area contributed by atoms with Crippen molar-refractivity contribution in [3.8, 4) is 0 Å². The summed E-state index contributed by atoms with van der Waals surface area (Å²) in [6, 6.07) is -0.651. The number of carbonyl (C=O) groups is 2. The maximum Gasteiger partial charge on any atom is 0.407 e. The normalized spacial score (nSPS) is 11.6. The summed E-state index contributed by atoms with van der Waals surface area (Å²) in [6.45, 7) is 2.00. The van der Waals surface area contributed by atoms with Gasteiger partial charge in [-0.3, -0.25) is 0 Å². The first-order valence-electron chi connectivity index (χ1n) is 4.22. The Bertz CT molecular complexity index is 198. The van der Waals surface area contributed by atoms with E-state index in [9.17, 15) is 9.59 Å². The number of alkyl carbamates (subject to hydrolysis) is 1. The molecule has 0 radical (unpaired) electrons. The molecule has 0 aliphatic heterocycles. The lowest BCUT2D eigenvalue weighted by Gasteiger charge is -2.14. The number of methoxy groups -OCH3 is 1. The molecule has 14 heavy (non-hydrogen) atoms. The van der Waals surface area contributed by atoms with Crippen molar-refractivity contribution < 1.29 is 19.1 Å². The molecule has 0 unspecified atom stereocenters. The summed E-state index contributed by atoms with van der Waals surface area (Å²) in [4.78, 5) is 22.1. The molecule has 0 heterocycles. The third-order valence-corrected chi connectivity index (χ3v) is 1.90. The number of amides is 1. The minimum atomic E-state index is -0.651. The van der Waals surface area contributed by atoms with Crippen molar-refractivity contribution in [3.63, 3.8) is 0 Å². The summed E-state index contributed by atoms with van der Waals surface area (Å²) in [5, 5.41) is 2.98. The molecular formula is C8H14BrNO4. The monoisotopic (exact) mass is 267 g/mol. The third kappa shape index (κ3) is 5.06. The summed E-state index contributed by atoms with van der Waals surface area (Å²) in [7, 11) is 1.24. The molecule has 0 rings (SSSR count). The van der Waals surface area contributed by atoms with E-state index in [0.717, 1.165) is 0 Å². The molecule has 0 fully saturated rings. The van der Waals surface area contributed by atoms with Crippen molar-refractivity contribution in [2.45, 2.75) is 19.4 Å². The van der Waals surface area contributed by atoms with Crippen molar-refractivity contribution in [3.05, 3.63) is 0 Å². The van der Waals surface area contributed by atoms with Gasteiger partial charge in [0.25, 0.3) is 0 Å². The summed E-state index contributed by atoms with van der Waals surface area (Å²) in [6.07, 6.45) is -0.169. The fourth-order valence-electron chi connectivity index (χ4n) is 0.802. The zero-order chi connectivity index (χ0) is 11.0. The van der Waals surface area contributed by atoms with Crippen LogP contribution >= 0.6 is 15.9 Å². The van der Waals surface area contributed by atoms with Crippen LogP contribution in [-0.2, 0) is 14.3 Å². The zero-order valence-electron chi connectivity index (χ0n) is 8.21. The van der Waals surface area contributed by atoms with Crippen LogP contribution in [-0.4, -0.2) is 37.2 Å². The average molecular weight is 268 g/mol. The van der Waals surface area contributed by atoms with E-state index >= 15 is 0 Å². The van der Waals surface area contributed by atoms with Gasteiger partial charge in [0.2, 0.25) is 0 Å². The number of carbonyl (C=O) groups excluding carboxylic acids is 2. The Hall–Kier alpha value is -0.780. The molecule has 6 heteroatoms. The zero-order valence-corrected chi connectivity index (χ0v) is 9.80. The molecule has 0 saturated heterocycles. The highest BCUT2D eigenvalue weighted by molar-refractivity contribution is 9.09. The van der Waals surface area contributed by atoms with E-state index in [4.69, 9.17) is 4.74 Å². The second-order valence-electron chi connectivity index (χ2n) is 2.42. The Balaban J connectivity index is 4.13. The molecule has 0 aliphatic carbocycles. The number of ether oxygens (including phenoxy) is 2. The number of esters is 1. The van der Waals surface area contributed by atoms with E-state index in [1.54, 1.807) is 6.92 Å². The number of rotatable bonds is 5. The number of alkyl halides is 1. The maximum absolute atomic E-state index is 11.3. The van der Waals surface area contributed by atoms with Gasteiger partial charge in [-0.15, -0.1) is 0 Å². The van der Waals surface area contributed by atoms with Crippen molar-refractivity contribution >= 4 is 28.0 Å². The second-order valence-corrected chi connectivity index (χ2v) is 3.21. The number of halogens is 1. The van der Waals surface area contributed by atoms with Crippen LogP contribution in [0.5, 0.6) is 0 Å². The highest BCUT2D eigenvalue weighted by Gasteiger charge is 2.21. The van der Waals surface area contributed by atoms with Crippen LogP contribution in [0.3, 0.4) is 0 Å². The van der Waals surface area contributed by atoms with Gasteiger partial charge in [0.05, 0.1) is 13.7 Å². The fraction of sp³-hybridized carbons (Fsp3) is 0.750. The number of nitrogens with one attached hydrogen (secondary N) is 1. The molecule has 0 spiro atoms. The largest absolute Gasteiger partial charge is 0.464 e. The highest BCUT2D eigenvalue weighted by Crippen LogP contribution is 1.99. The van der Waals surface area contributed by atoms with Crippen LogP contribution in [0.15, 0.2) is 0 Å². The van der Waals surface area contributed by atoms with Crippen molar-refractivity contribution in [2.24, 2.45) is 0 Å². The molecule has 82 valence electrons. The summed E-state index contributed by atoms with van der Waals surface area (Å²) >= 11 is 3.18. The summed E-state index contributed by atoms with van der Waals surface area (Å²) in [5.74, 6) is -0.447. The minimum absolute atomic E-state index is 0.292. The van der Waals surface area contributed by atoms with E-state index in [2.05, 4.69) is 26.0 Å². The molecule has 0 aromatic rings. The highest BCUT2D eigenvalue weighted by atomic mass is 79.9.